The average Bonchev–Trinajstić information content (AvgIpc) is 3.13. The minimum Gasteiger partial charge on any atom is -0.380 e. The SMILES string of the molecule is COCc1ccccc1CNC(=O)c1nnn(-c2cccc(F)c2)c1C(F)(F)F. The Kier molecular flexibility index (Phi) is 5.92. The van der Waals surface area contributed by atoms with Crippen molar-refractivity contribution in [3.8, 4) is 5.69 Å². The molecule has 0 aliphatic rings. The lowest BCUT2D eigenvalue weighted by Crippen LogP contribution is -2.27. The molecular formula is C19H16F4N4O2. The first-order valence-electron chi connectivity index (χ1n) is 8.44. The first-order chi connectivity index (χ1) is 13.8. The maximum absolute atomic E-state index is 13.6. The highest BCUT2D eigenvalue weighted by Gasteiger charge is 2.42. The van der Waals surface area contributed by atoms with Crippen molar-refractivity contribution in [3.63, 3.8) is 0 Å². The van der Waals surface area contributed by atoms with Gasteiger partial charge in [-0.2, -0.15) is 13.2 Å². The molecule has 0 saturated carbocycles. The van der Waals surface area contributed by atoms with Crippen LogP contribution in [0.25, 0.3) is 5.69 Å². The van der Waals surface area contributed by atoms with Crippen LogP contribution >= 0.6 is 0 Å². The van der Waals surface area contributed by atoms with Crippen LogP contribution in [0.5, 0.6) is 0 Å². The van der Waals surface area contributed by atoms with Crippen LogP contribution in [0.2, 0.25) is 0 Å². The van der Waals surface area contributed by atoms with Crippen molar-refractivity contribution in [2.75, 3.05) is 7.11 Å². The fraction of sp³-hybridized carbons (Fsp3) is 0.211. The van der Waals surface area contributed by atoms with E-state index in [0.29, 0.717) is 10.2 Å². The second kappa shape index (κ2) is 8.39. The predicted octanol–water partition coefficient (Wildman–Crippen LogP) is 3.50. The monoisotopic (exact) mass is 408 g/mol. The molecule has 2 aromatic carbocycles. The molecule has 1 heterocycles. The third kappa shape index (κ3) is 4.60. The lowest BCUT2D eigenvalue weighted by atomic mass is 10.1. The van der Waals surface area contributed by atoms with E-state index >= 15 is 0 Å². The number of methoxy groups -OCH3 is 1. The summed E-state index contributed by atoms with van der Waals surface area (Å²) in [5.74, 6) is -1.79. The molecule has 0 atom stereocenters. The molecule has 0 radical (unpaired) electrons. The molecule has 0 unspecified atom stereocenters. The van der Waals surface area contributed by atoms with Crippen molar-refractivity contribution in [2.45, 2.75) is 19.3 Å². The van der Waals surface area contributed by atoms with E-state index in [0.717, 1.165) is 17.7 Å². The number of halogens is 4. The molecule has 1 N–H and O–H groups in total. The van der Waals surface area contributed by atoms with Crippen LogP contribution in [0.3, 0.4) is 0 Å². The fourth-order valence-corrected chi connectivity index (χ4v) is 2.76. The Bertz CT molecular complexity index is 1020. The first-order valence-corrected chi connectivity index (χ1v) is 8.44. The molecule has 0 spiro atoms. The second-order valence-electron chi connectivity index (χ2n) is 6.06. The minimum absolute atomic E-state index is 0.0253. The highest BCUT2D eigenvalue weighted by molar-refractivity contribution is 5.93. The Labute approximate surface area is 163 Å². The van der Waals surface area contributed by atoms with Gasteiger partial charge in [0.25, 0.3) is 5.91 Å². The quantitative estimate of drug-likeness (QED) is 0.634. The first kappa shape index (κ1) is 20.5. The number of carbonyl (C=O) groups is 1. The summed E-state index contributed by atoms with van der Waals surface area (Å²) in [5.41, 5.74) is -1.00. The molecule has 29 heavy (non-hydrogen) atoms. The van der Waals surface area contributed by atoms with E-state index < -0.39 is 29.3 Å². The summed E-state index contributed by atoms with van der Waals surface area (Å²) >= 11 is 0. The van der Waals surface area contributed by atoms with Gasteiger partial charge in [0, 0.05) is 13.7 Å². The lowest BCUT2D eigenvalue weighted by molar-refractivity contribution is -0.143. The van der Waals surface area contributed by atoms with E-state index in [1.165, 1.54) is 19.2 Å². The van der Waals surface area contributed by atoms with Gasteiger partial charge in [-0.15, -0.1) is 5.10 Å². The molecule has 3 rings (SSSR count). The molecule has 0 bridgehead atoms. The summed E-state index contributed by atoms with van der Waals surface area (Å²) < 4.78 is 59.8. The van der Waals surface area contributed by atoms with E-state index in [1.807, 2.05) is 0 Å². The topological polar surface area (TPSA) is 69.0 Å². The zero-order valence-electron chi connectivity index (χ0n) is 15.2. The number of hydrogen-bond donors (Lipinski definition) is 1. The average molecular weight is 408 g/mol. The summed E-state index contributed by atoms with van der Waals surface area (Å²) in [6.45, 7) is 0.262. The van der Waals surface area contributed by atoms with Gasteiger partial charge in [0.2, 0.25) is 0 Å². The maximum atomic E-state index is 13.6. The Morgan fingerprint density at radius 3 is 2.52 bits per heavy atom. The van der Waals surface area contributed by atoms with Crippen LogP contribution < -0.4 is 5.32 Å². The van der Waals surface area contributed by atoms with Crippen molar-refractivity contribution < 1.29 is 27.1 Å². The van der Waals surface area contributed by atoms with Crippen LogP contribution in [-0.2, 0) is 24.1 Å². The highest BCUT2D eigenvalue weighted by atomic mass is 19.4. The molecule has 1 aromatic heterocycles. The van der Waals surface area contributed by atoms with Crippen LogP contribution in [0, 0.1) is 5.82 Å². The molecule has 10 heteroatoms. The predicted molar refractivity (Wildman–Crippen MR) is 94.6 cm³/mol. The van der Waals surface area contributed by atoms with Crippen molar-refractivity contribution in [3.05, 3.63) is 76.9 Å². The van der Waals surface area contributed by atoms with E-state index in [9.17, 15) is 22.4 Å². The normalized spacial score (nSPS) is 11.5. The molecule has 0 aliphatic carbocycles. The standard InChI is InChI=1S/C19H16F4N4O2/c1-29-11-13-6-3-2-5-12(13)10-24-18(28)16-17(19(21,22)23)27(26-25-16)15-8-4-7-14(20)9-15/h2-9H,10-11H2,1H3,(H,24,28). The second-order valence-corrected chi connectivity index (χ2v) is 6.06. The van der Waals surface area contributed by atoms with Crippen LogP contribution in [0.15, 0.2) is 48.5 Å². The number of benzene rings is 2. The van der Waals surface area contributed by atoms with Gasteiger partial charge in [0.05, 0.1) is 12.3 Å². The lowest BCUT2D eigenvalue weighted by Gasteiger charge is -2.12. The number of ether oxygens (including phenoxy) is 1. The number of hydrogen-bond acceptors (Lipinski definition) is 4. The summed E-state index contributed by atoms with van der Waals surface area (Å²) in [6.07, 6.45) is -4.93. The van der Waals surface area contributed by atoms with Gasteiger partial charge in [0.15, 0.2) is 11.4 Å². The molecule has 3 aromatic rings. The zero-order valence-corrected chi connectivity index (χ0v) is 15.2. The zero-order chi connectivity index (χ0) is 21.0. The maximum Gasteiger partial charge on any atom is 0.435 e. The highest BCUT2D eigenvalue weighted by Crippen LogP contribution is 2.32. The number of alkyl halides is 3. The Hall–Kier alpha value is -3.27. The minimum atomic E-state index is -4.93. The van der Waals surface area contributed by atoms with Gasteiger partial charge in [-0.3, -0.25) is 4.79 Å². The largest absolute Gasteiger partial charge is 0.435 e. The van der Waals surface area contributed by atoms with Crippen molar-refractivity contribution in [2.24, 2.45) is 0 Å². The summed E-state index contributed by atoms with van der Waals surface area (Å²) in [4.78, 5) is 12.4. The molecule has 6 nitrogen and oxygen atoms in total. The number of rotatable bonds is 6. The van der Waals surface area contributed by atoms with E-state index in [4.69, 9.17) is 4.74 Å². The van der Waals surface area contributed by atoms with Gasteiger partial charge in [-0.1, -0.05) is 35.5 Å². The van der Waals surface area contributed by atoms with Gasteiger partial charge in [0.1, 0.15) is 5.82 Å². The summed E-state index contributed by atoms with van der Waals surface area (Å²) in [6, 6.07) is 11.4. The number of aromatic nitrogens is 3. The van der Waals surface area contributed by atoms with Crippen LogP contribution in [0.1, 0.15) is 27.3 Å². The van der Waals surface area contributed by atoms with E-state index in [2.05, 4.69) is 15.6 Å². The number of nitrogens with one attached hydrogen (secondary N) is 1. The Morgan fingerprint density at radius 1 is 1.14 bits per heavy atom. The van der Waals surface area contributed by atoms with Crippen molar-refractivity contribution in [1.82, 2.24) is 20.3 Å². The molecule has 0 fully saturated rings. The third-order valence-electron chi connectivity index (χ3n) is 4.06. The van der Waals surface area contributed by atoms with Crippen molar-refractivity contribution >= 4 is 5.91 Å². The van der Waals surface area contributed by atoms with Crippen LogP contribution in [-0.4, -0.2) is 28.0 Å². The van der Waals surface area contributed by atoms with E-state index in [1.54, 1.807) is 24.3 Å². The molecule has 0 aliphatic heterocycles. The summed E-state index contributed by atoms with van der Waals surface area (Å²) in [7, 11) is 1.51. The number of carbonyl (C=O) groups excluding carboxylic acids is 1. The fourth-order valence-electron chi connectivity index (χ4n) is 2.76. The molecular weight excluding hydrogens is 392 g/mol. The molecule has 152 valence electrons. The Balaban J connectivity index is 1.90. The van der Waals surface area contributed by atoms with Crippen LogP contribution in [0.4, 0.5) is 17.6 Å². The van der Waals surface area contributed by atoms with Gasteiger partial charge < -0.3 is 10.1 Å². The van der Waals surface area contributed by atoms with Crippen molar-refractivity contribution in [1.29, 1.82) is 0 Å². The Morgan fingerprint density at radius 2 is 1.86 bits per heavy atom. The van der Waals surface area contributed by atoms with E-state index in [-0.39, 0.29) is 18.8 Å². The van der Waals surface area contributed by atoms with Gasteiger partial charge >= 0.3 is 6.18 Å². The third-order valence-corrected chi connectivity index (χ3v) is 4.06. The number of amides is 1. The van der Waals surface area contributed by atoms with Gasteiger partial charge in [-0.05, 0) is 29.3 Å². The summed E-state index contributed by atoms with van der Waals surface area (Å²) in [5, 5.41) is 9.23. The molecule has 0 saturated heterocycles. The number of nitrogens with zero attached hydrogens (tertiary/aromatic N) is 3. The smallest absolute Gasteiger partial charge is 0.380 e. The molecule has 1 amide bonds. The van der Waals surface area contributed by atoms with Gasteiger partial charge in [-0.25, -0.2) is 9.07 Å².